The van der Waals surface area contributed by atoms with E-state index >= 15 is 0 Å². The van der Waals surface area contributed by atoms with Crippen molar-refractivity contribution in [1.29, 1.82) is 0 Å². The zero-order valence-electron chi connectivity index (χ0n) is 27.5. The second-order valence-corrected chi connectivity index (χ2v) is 15.7. The molecule has 1 saturated carbocycles. The van der Waals surface area contributed by atoms with Gasteiger partial charge in [0.25, 0.3) is 10.0 Å². The molecule has 1 unspecified atom stereocenters. The minimum Gasteiger partial charge on any atom is -0.352 e. The molecule has 0 saturated heterocycles. The molecule has 4 aromatic carbocycles. The van der Waals surface area contributed by atoms with Crippen LogP contribution in [0, 0.1) is 13.8 Å². The van der Waals surface area contributed by atoms with Gasteiger partial charge in [-0.1, -0.05) is 96.5 Å². The standard InChI is InChI=1S/C38H40Cl3N3O4S/c1-26-13-18-33(21-27(26)2)44(49(47,48)34-19-16-30(39)17-20-34)25-37(45)43(24-29-14-15-31(40)23-35(29)41)36(22-28-9-5-3-6-10-28)38(46)42-32-11-7-4-8-12-32/h3,5-6,9-10,13-21,23,32,36H,4,7-8,11-12,22,24-25H2,1-2H3,(H,42,46). The van der Waals surface area contributed by atoms with E-state index in [4.69, 9.17) is 34.8 Å². The molecule has 0 aliphatic heterocycles. The number of hydrogen-bond donors (Lipinski definition) is 1. The Balaban J connectivity index is 1.59. The van der Waals surface area contributed by atoms with Gasteiger partial charge in [0.1, 0.15) is 12.6 Å². The van der Waals surface area contributed by atoms with Gasteiger partial charge in [0.15, 0.2) is 0 Å². The van der Waals surface area contributed by atoms with Crippen LogP contribution in [0.4, 0.5) is 5.69 Å². The number of carbonyl (C=O) groups is 2. The van der Waals surface area contributed by atoms with E-state index in [0.717, 1.165) is 53.1 Å². The fourth-order valence-corrected chi connectivity index (χ4v) is 8.08. The first kappa shape index (κ1) is 36.7. The minimum absolute atomic E-state index is 0.00657. The number of aryl methyl sites for hydroxylation is 2. The van der Waals surface area contributed by atoms with Crippen molar-refractivity contribution in [2.45, 2.75) is 75.9 Å². The van der Waals surface area contributed by atoms with E-state index in [1.165, 1.54) is 29.2 Å². The second kappa shape index (κ2) is 16.4. The van der Waals surface area contributed by atoms with E-state index in [2.05, 4.69) is 5.32 Å². The Labute approximate surface area is 304 Å². The lowest BCUT2D eigenvalue weighted by Crippen LogP contribution is -2.55. The van der Waals surface area contributed by atoms with Crippen molar-refractivity contribution < 1.29 is 18.0 Å². The van der Waals surface area contributed by atoms with Crippen LogP contribution in [0.5, 0.6) is 0 Å². The minimum atomic E-state index is -4.26. The number of carbonyl (C=O) groups excluding carboxylic acids is 2. The number of benzene rings is 4. The maximum atomic E-state index is 14.8. The van der Waals surface area contributed by atoms with Crippen molar-refractivity contribution in [3.8, 4) is 0 Å². The molecule has 1 aliphatic rings. The number of rotatable bonds is 12. The number of nitrogens with one attached hydrogen (secondary N) is 1. The number of amides is 2. The van der Waals surface area contributed by atoms with E-state index in [9.17, 15) is 18.0 Å². The van der Waals surface area contributed by atoms with E-state index < -0.39 is 28.5 Å². The molecule has 11 heteroatoms. The maximum Gasteiger partial charge on any atom is 0.264 e. The number of halogens is 3. The van der Waals surface area contributed by atoms with Gasteiger partial charge in [-0.2, -0.15) is 0 Å². The first-order valence-electron chi connectivity index (χ1n) is 16.4. The van der Waals surface area contributed by atoms with Crippen molar-refractivity contribution in [2.75, 3.05) is 10.8 Å². The van der Waals surface area contributed by atoms with E-state index in [-0.39, 0.29) is 29.8 Å². The Bertz CT molecular complexity index is 1880. The monoisotopic (exact) mass is 739 g/mol. The molecule has 258 valence electrons. The van der Waals surface area contributed by atoms with Crippen LogP contribution in [0.1, 0.15) is 54.4 Å². The third kappa shape index (κ3) is 9.37. The number of sulfonamides is 1. The molecule has 0 heterocycles. The number of nitrogens with zero attached hydrogens (tertiary/aromatic N) is 2. The second-order valence-electron chi connectivity index (χ2n) is 12.5. The third-order valence-corrected chi connectivity index (χ3v) is 11.7. The van der Waals surface area contributed by atoms with Gasteiger partial charge in [-0.25, -0.2) is 8.42 Å². The van der Waals surface area contributed by atoms with Crippen LogP contribution in [0.2, 0.25) is 15.1 Å². The predicted molar refractivity (Wildman–Crippen MR) is 198 cm³/mol. The summed E-state index contributed by atoms with van der Waals surface area (Å²) in [4.78, 5) is 30.5. The van der Waals surface area contributed by atoms with Crippen molar-refractivity contribution in [3.63, 3.8) is 0 Å². The lowest BCUT2D eigenvalue weighted by Gasteiger charge is -2.35. The highest BCUT2D eigenvalue weighted by Gasteiger charge is 2.36. The molecule has 7 nitrogen and oxygen atoms in total. The third-order valence-electron chi connectivity index (χ3n) is 9.04. The normalized spacial score (nSPS) is 14.2. The highest BCUT2D eigenvalue weighted by molar-refractivity contribution is 7.92. The highest BCUT2D eigenvalue weighted by atomic mass is 35.5. The fourth-order valence-electron chi connectivity index (χ4n) is 6.07. The van der Waals surface area contributed by atoms with Crippen LogP contribution in [0.15, 0.2) is 95.9 Å². The smallest absolute Gasteiger partial charge is 0.264 e. The summed E-state index contributed by atoms with van der Waals surface area (Å²) in [6.07, 6.45) is 5.09. The lowest BCUT2D eigenvalue weighted by atomic mass is 9.94. The number of anilines is 1. The Morgan fingerprint density at radius 3 is 2.14 bits per heavy atom. The Hall–Kier alpha value is -3.56. The van der Waals surface area contributed by atoms with Gasteiger partial charge >= 0.3 is 0 Å². The molecule has 4 aromatic rings. The summed E-state index contributed by atoms with van der Waals surface area (Å²) >= 11 is 18.9. The zero-order valence-corrected chi connectivity index (χ0v) is 30.6. The first-order chi connectivity index (χ1) is 23.4. The van der Waals surface area contributed by atoms with Crippen molar-refractivity contribution in [2.24, 2.45) is 0 Å². The highest BCUT2D eigenvalue weighted by Crippen LogP contribution is 2.29. The SMILES string of the molecule is Cc1ccc(N(CC(=O)N(Cc2ccc(Cl)cc2Cl)C(Cc2ccccc2)C(=O)NC2CCCCC2)S(=O)(=O)c2ccc(Cl)cc2)cc1C. The molecule has 1 N–H and O–H groups in total. The summed E-state index contributed by atoms with van der Waals surface area (Å²) in [5, 5.41) is 4.35. The van der Waals surface area contributed by atoms with Gasteiger partial charge in [-0.3, -0.25) is 13.9 Å². The molecule has 0 radical (unpaired) electrons. The molecule has 5 rings (SSSR count). The van der Waals surface area contributed by atoms with Gasteiger partial charge in [0.05, 0.1) is 10.6 Å². The first-order valence-corrected chi connectivity index (χ1v) is 18.9. The average Bonchev–Trinajstić information content (AvgIpc) is 3.08. The molecule has 1 fully saturated rings. The van der Waals surface area contributed by atoms with Gasteiger partial charge in [-0.05, 0) is 97.5 Å². The van der Waals surface area contributed by atoms with Crippen LogP contribution in [-0.4, -0.2) is 43.8 Å². The topological polar surface area (TPSA) is 86.8 Å². The quantitative estimate of drug-likeness (QED) is 0.158. The molecule has 0 spiro atoms. The predicted octanol–water partition coefficient (Wildman–Crippen LogP) is 8.55. The Morgan fingerprint density at radius 2 is 1.49 bits per heavy atom. The van der Waals surface area contributed by atoms with Crippen LogP contribution >= 0.6 is 34.8 Å². The Morgan fingerprint density at radius 1 is 0.816 bits per heavy atom. The molecule has 0 bridgehead atoms. The van der Waals surface area contributed by atoms with Gasteiger partial charge in [0, 0.05) is 34.1 Å². The molecule has 1 aliphatic carbocycles. The van der Waals surface area contributed by atoms with Gasteiger partial charge < -0.3 is 10.2 Å². The van der Waals surface area contributed by atoms with Crippen LogP contribution in [0.25, 0.3) is 0 Å². The average molecular weight is 741 g/mol. The Kier molecular flexibility index (Phi) is 12.3. The maximum absolute atomic E-state index is 14.8. The van der Waals surface area contributed by atoms with Crippen LogP contribution in [0.3, 0.4) is 0 Å². The fraction of sp³-hybridized carbons (Fsp3) is 0.316. The molecule has 49 heavy (non-hydrogen) atoms. The zero-order chi connectivity index (χ0) is 35.1. The summed E-state index contributed by atoms with van der Waals surface area (Å²) < 4.78 is 29.7. The molecule has 2 amide bonds. The van der Waals surface area contributed by atoms with E-state index in [1.54, 1.807) is 30.3 Å². The van der Waals surface area contributed by atoms with Crippen molar-refractivity contribution in [1.82, 2.24) is 10.2 Å². The van der Waals surface area contributed by atoms with Gasteiger partial charge in [-0.15, -0.1) is 0 Å². The molecule has 0 aromatic heterocycles. The number of hydrogen-bond acceptors (Lipinski definition) is 4. The summed E-state index contributed by atoms with van der Waals surface area (Å²) in [5.74, 6) is -0.867. The summed E-state index contributed by atoms with van der Waals surface area (Å²) in [6.45, 7) is 3.19. The largest absolute Gasteiger partial charge is 0.352 e. The van der Waals surface area contributed by atoms with Gasteiger partial charge in [0.2, 0.25) is 11.8 Å². The van der Waals surface area contributed by atoms with Crippen LogP contribution < -0.4 is 9.62 Å². The summed E-state index contributed by atoms with van der Waals surface area (Å²) in [5.41, 5.74) is 3.58. The molecular formula is C38H40Cl3N3O4S. The van der Waals surface area contributed by atoms with E-state index in [0.29, 0.717) is 26.3 Å². The van der Waals surface area contributed by atoms with Crippen molar-refractivity contribution in [3.05, 3.63) is 128 Å². The summed E-state index contributed by atoms with van der Waals surface area (Å²) in [6, 6.07) is 24.5. The lowest BCUT2D eigenvalue weighted by molar-refractivity contribution is -0.140. The van der Waals surface area contributed by atoms with E-state index in [1.807, 2.05) is 50.2 Å². The van der Waals surface area contributed by atoms with Crippen LogP contribution in [-0.2, 0) is 32.6 Å². The van der Waals surface area contributed by atoms with Crippen molar-refractivity contribution >= 4 is 62.3 Å². The molecular weight excluding hydrogens is 701 g/mol. The molecule has 1 atom stereocenters. The summed E-state index contributed by atoms with van der Waals surface area (Å²) in [7, 11) is -4.26.